The highest BCUT2D eigenvalue weighted by Crippen LogP contribution is 2.34. The number of benzene rings is 6. The molecule has 6 aliphatic rings. The molecule has 75 heavy (non-hydrogen) atoms. The van der Waals surface area contributed by atoms with E-state index in [0.717, 1.165) is 61.5 Å². The molecule has 0 saturated carbocycles. The Kier molecular flexibility index (Phi) is 21.3. The van der Waals surface area contributed by atoms with Crippen molar-refractivity contribution in [3.8, 4) is 17.2 Å². The quantitative estimate of drug-likeness (QED) is 0.166. The Morgan fingerprint density at radius 2 is 0.880 bits per heavy atom. The summed E-state index contributed by atoms with van der Waals surface area (Å²) >= 11 is 0. The van der Waals surface area contributed by atoms with E-state index in [1.165, 1.54) is 72.0 Å². The second-order valence-corrected chi connectivity index (χ2v) is 23.9. The van der Waals surface area contributed by atoms with Crippen molar-refractivity contribution in [1.82, 2.24) is 4.90 Å². The number of hydrogen-bond acceptors (Lipinski definition) is 4. The minimum absolute atomic E-state index is 0.391. The van der Waals surface area contributed by atoms with Gasteiger partial charge in [0.1, 0.15) is 29.5 Å². The number of rotatable bonds is 6. The number of aryl methyl sites for hydroxylation is 1. The predicted molar refractivity (Wildman–Crippen MR) is 318 cm³/mol. The molecule has 3 unspecified atom stereocenters. The zero-order chi connectivity index (χ0) is 53.4. The van der Waals surface area contributed by atoms with Crippen molar-refractivity contribution in [3.63, 3.8) is 0 Å². The highest BCUT2D eigenvalue weighted by atomic mass is 16.5. The van der Waals surface area contributed by atoms with E-state index >= 15 is 0 Å². The molecule has 4 nitrogen and oxygen atoms in total. The first-order valence-electron chi connectivity index (χ1n) is 29.0. The van der Waals surface area contributed by atoms with Gasteiger partial charge in [-0.15, -0.1) is 0 Å². The van der Waals surface area contributed by atoms with Gasteiger partial charge in [-0.25, -0.2) is 0 Å². The molecule has 0 spiro atoms. The van der Waals surface area contributed by atoms with Gasteiger partial charge in [-0.1, -0.05) is 208 Å². The first-order chi connectivity index (χ1) is 36.1. The van der Waals surface area contributed by atoms with Gasteiger partial charge >= 0.3 is 0 Å². The van der Waals surface area contributed by atoms with E-state index in [-0.39, 0.29) is 0 Å². The zero-order valence-electron chi connectivity index (χ0n) is 48.2. The van der Waals surface area contributed by atoms with E-state index in [2.05, 4.69) is 221 Å². The first kappa shape index (κ1) is 57.1. The van der Waals surface area contributed by atoms with Crippen molar-refractivity contribution >= 4 is 6.08 Å². The molecule has 2 aliphatic carbocycles. The lowest BCUT2D eigenvalue weighted by Crippen LogP contribution is -2.35. The number of para-hydroxylation sites is 3. The van der Waals surface area contributed by atoms with Crippen molar-refractivity contribution in [2.75, 3.05) is 13.2 Å². The van der Waals surface area contributed by atoms with Crippen molar-refractivity contribution in [2.24, 2.45) is 41.4 Å². The van der Waals surface area contributed by atoms with Gasteiger partial charge in [0.2, 0.25) is 0 Å². The maximum atomic E-state index is 5.89. The maximum Gasteiger partial charge on any atom is 0.123 e. The van der Waals surface area contributed by atoms with E-state index in [9.17, 15) is 0 Å². The Morgan fingerprint density at radius 3 is 1.43 bits per heavy atom. The monoisotopic (exact) mass is 1010 g/mol. The second-order valence-electron chi connectivity index (χ2n) is 23.9. The Hall–Kier alpha value is -5.58. The standard InChI is InChI=1S/C12H17N.2C12H16O.C12H16.C12H14.C11H14O/c1-10(2)13-8-7-11-5-3-4-6-12(11)9-13;1-9(2)11-7-10-5-3-4-6-12(10)13-8-11;1-9(2)11-8-7-10-5-3-4-6-12(10)13-11;2*1-9(2)12-7-10-5-3-4-6-11(10)8-12;1-8(2)11-7-9-5-3-4-6-10(9)12-11/h3-6,10H,7-9H2,1-2H3;2*3-6,9,11H,7-8H2,1-2H3;3-6,9,12H,7-8H2,1-2H3;3-7,9H,8H2,1-2H3;3-6,8,11H,7H2,1-2H3. The number of fused-ring (bicyclic) bond motifs is 6. The summed E-state index contributed by atoms with van der Waals surface area (Å²) in [6, 6.07) is 52.0. The fraction of sp³-hybridized carbons (Fsp3) is 0.465. The van der Waals surface area contributed by atoms with E-state index in [1.807, 2.05) is 18.2 Å². The van der Waals surface area contributed by atoms with Gasteiger partial charge in [0, 0.05) is 25.6 Å². The summed E-state index contributed by atoms with van der Waals surface area (Å²) < 4.78 is 17.4. The van der Waals surface area contributed by atoms with Crippen LogP contribution >= 0.6 is 0 Å². The van der Waals surface area contributed by atoms with Crippen molar-refractivity contribution < 1.29 is 14.2 Å². The third-order valence-corrected chi connectivity index (χ3v) is 16.4. The van der Waals surface area contributed by atoms with Gasteiger partial charge in [-0.3, -0.25) is 4.90 Å². The van der Waals surface area contributed by atoms with Gasteiger partial charge in [0.15, 0.2) is 0 Å². The average Bonchev–Trinajstić information content (AvgIpc) is 4.20. The lowest BCUT2D eigenvalue weighted by molar-refractivity contribution is 0.127. The Balaban J connectivity index is 0.000000131. The smallest absolute Gasteiger partial charge is 0.123 e. The molecule has 6 aromatic rings. The predicted octanol–water partition coefficient (Wildman–Crippen LogP) is 17.4. The summed E-state index contributed by atoms with van der Waals surface area (Å²) in [5, 5.41) is 0. The number of nitrogens with zero attached hydrogens (tertiary/aromatic N) is 1. The summed E-state index contributed by atoms with van der Waals surface area (Å²) in [6.07, 6.45) is 12.7. The van der Waals surface area contributed by atoms with Crippen LogP contribution in [-0.4, -0.2) is 36.3 Å². The molecule has 0 aromatic heterocycles. The Bertz CT molecular complexity index is 2440. The Morgan fingerprint density at radius 1 is 0.413 bits per heavy atom. The van der Waals surface area contributed by atoms with Crippen LogP contribution in [0, 0.1) is 41.4 Å². The molecule has 0 amide bonds. The van der Waals surface area contributed by atoms with Gasteiger partial charge in [0.05, 0.1) is 6.61 Å². The molecule has 400 valence electrons. The largest absolute Gasteiger partial charge is 0.493 e. The van der Waals surface area contributed by atoms with Crippen LogP contribution in [0.4, 0.5) is 0 Å². The minimum atomic E-state index is 0.391. The molecule has 3 atom stereocenters. The van der Waals surface area contributed by atoms with Gasteiger partial charge < -0.3 is 14.2 Å². The minimum Gasteiger partial charge on any atom is -0.493 e. The molecular formula is C71H93NO3. The number of hydrogen-bond donors (Lipinski definition) is 0. The lowest BCUT2D eigenvalue weighted by Gasteiger charge is -2.31. The first-order valence-corrected chi connectivity index (χ1v) is 29.0. The van der Waals surface area contributed by atoms with Crippen molar-refractivity contribution in [3.05, 3.63) is 201 Å². The molecule has 12 rings (SSSR count). The van der Waals surface area contributed by atoms with Crippen LogP contribution in [-0.2, 0) is 51.5 Å². The third kappa shape index (κ3) is 16.5. The average molecular weight is 1010 g/mol. The SMILES string of the molecule is CC(C)C1=Cc2ccccc2C1.CC(C)C1CCc2ccccc2O1.CC(C)C1COc2ccccc2C1.CC(C)C1Cc2ccccc2C1.CC(C)C1Cc2ccccc2O1.CC(C)N1CCc2ccccc2C1. The highest BCUT2D eigenvalue weighted by Gasteiger charge is 2.26. The molecule has 4 aliphatic heterocycles. The molecule has 6 aromatic carbocycles. The van der Waals surface area contributed by atoms with Crippen LogP contribution in [0.15, 0.2) is 151 Å². The summed E-state index contributed by atoms with van der Waals surface area (Å²) in [5.41, 5.74) is 14.8. The number of ether oxygens (including phenoxy) is 3. The van der Waals surface area contributed by atoms with E-state index in [0.29, 0.717) is 47.8 Å². The molecule has 0 radical (unpaired) electrons. The summed E-state index contributed by atoms with van der Waals surface area (Å²) in [4.78, 5) is 2.53. The van der Waals surface area contributed by atoms with Crippen LogP contribution < -0.4 is 14.2 Å². The fourth-order valence-electron chi connectivity index (χ4n) is 10.9. The second kappa shape index (κ2) is 28.0. The van der Waals surface area contributed by atoms with Crippen LogP contribution in [0.1, 0.15) is 140 Å². The molecule has 0 saturated heterocycles. The maximum absolute atomic E-state index is 5.89. The highest BCUT2D eigenvalue weighted by molar-refractivity contribution is 5.63. The topological polar surface area (TPSA) is 30.9 Å². The van der Waals surface area contributed by atoms with Gasteiger partial charge in [-0.05, 0) is 168 Å². The van der Waals surface area contributed by atoms with Crippen molar-refractivity contribution in [2.45, 2.75) is 159 Å². The lowest BCUT2D eigenvalue weighted by atomic mass is 9.88. The Labute approximate surface area is 455 Å². The summed E-state index contributed by atoms with van der Waals surface area (Å²) in [6.45, 7) is 30.3. The van der Waals surface area contributed by atoms with E-state index < -0.39 is 0 Å². The zero-order valence-corrected chi connectivity index (χ0v) is 48.2. The molecule has 0 fully saturated rings. The van der Waals surface area contributed by atoms with Gasteiger partial charge in [-0.2, -0.15) is 0 Å². The molecule has 0 bridgehead atoms. The normalized spacial score (nSPS) is 18.7. The molecule has 4 heterocycles. The van der Waals surface area contributed by atoms with Crippen molar-refractivity contribution in [1.29, 1.82) is 0 Å². The number of allylic oxidation sites excluding steroid dienone is 1. The summed E-state index contributed by atoms with van der Waals surface area (Å²) in [5.74, 6) is 8.30. The van der Waals surface area contributed by atoms with E-state index in [1.54, 1.807) is 22.3 Å². The summed E-state index contributed by atoms with van der Waals surface area (Å²) in [7, 11) is 0. The molecule has 4 heteroatoms. The molecular weight excluding hydrogens is 915 g/mol. The van der Waals surface area contributed by atoms with Crippen LogP contribution in [0.25, 0.3) is 6.08 Å². The molecule has 0 N–H and O–H groups in total. The van der Waals surface area contributed by atoms with Gasteiger partial charge in [0.25, 0.3) is 0 Å². The van der Waals surface area contributed by atoms with Crippen LogP contribution in [0.3, 0.4) is 0 Å². The van der Waals surface area contributed by atoms with Crippen LogP contribution in [0.5, 0.6) is 17.2 Å². The third-order valence-electron chi connectivity index (χ3n) is 16.4. The fourth-order valence-corrected chi connectivity index (χ4v) is 10.9. The van der Waals surface area contributed by atoms with E-state index in [4.69, 9.17) is 14.2 Å². The van der Waals surface area contributed by atoms with Crippen LogP contribution in [0.2, 0.25) is 0 Å².